The van der Waals surface area contributed by atoms with Crippen LogP contribution in [-0.4, -0.2) is 39.0 Å². The van der Waals surface area contributed by atoms with Gasteiger partial charge in [0.1, 0.15) is 6.10 Å². The van der Waals surface area contributed by atoms with Gasteiger partial charge < -0.3 is 9.64 Å². The minimum Gasteiger partial charge on any atom is -0.474 e. The Kier molecular flexibility index (Phi) is 4.41. The molecule has 7 heteroatoms. The molecule has 2 aliphatic rings. The van der Waals surface area contributed by atoms with E-state index in [1.807, 2.05) is 41.1 Å². The molecule has 2 aliphatic heterocycles. The SMILES string of the molecule is O=C(c1nc(-c2cccs2)cs1)N1C2CCC1CC(Oc1ccccn1)C2. The minimum atomic E-state index is 0.0755. The van der Waals surface area contributed by atoms with Gasteiger partial charge in [-0.3, -0.25) is 4.79 Å². The number of hydrogen-bond donors (Lipinski definition) is 0. The predicted octanol–water partition coefficient (Wildman–Crippen LogP) is 4.48. The van der Waals surface area contributed by atoms with Crippen LogP contribution in [-0.2, 0) is 0 Å². The lowest BCUT2D eigenvalue weighted by Gasteiger charge is -2.38. The molecule has 0 N–H and O–H groups in total. The average molecular weight is 398 g/mol. The first-order valence-electron chi connectivity index (χ1n) is 9.17. The van der Waals surface area contributed by atoms with Gasteiger partial charge in [-0.2, -0.15) is 0 Å². The number of amides is 1. The number of piperidine rings is 1. The Morgan fingerprint density at radius 3 is 2.67 bits per heavy atom. The zero-order chi connectivity index (χ0) is 18.2. The Morgan fingerprint density at radius 2 is 1.96 bits per heavy atom. The topological polar surface area (TPSA) is 55.3 Å². The molecule has 5 heterocycles. The summed E-state index contributed by atoms with van der Waals surface area (Å²) in [5, 5.41) is 4.61. The van der Waals surface area contributed by atoms with Crippen molar-refractivity contribution in [2.75, 3.05) is 0 Å². The lowest BCUT2D eigenvalue weighted by atomic mass is 9.99. The molecule has 3 aromatic heterocycles. The summed E-state index contributed by atoms with van der Waals surface area (Å²) >= 11 is 3.10. The van der Waals surface area contributed by atoms with Crippen LogP contribution in [0.4, 0.5) is 0 Å². The summed E-state index contributed by atoms with van der Waals surface area (Å²) in [6.45, 7) is 0. The highest BCUT2D eigenvalue weighted by Gasteiger charge is 2.45. The quantitative estimate of drug-likeness (QED) is 0.651. The number of carbonyl (C=O) groups excluding carboxylic acids is 1. The summed E-state index contributed by atoms with van der Waals surface area (Å²) in [5.74, 6) is 0.744. The van der Waals surface area contributed by atoms with E-state index in [1.54, 1.807) is 17.5 Å². The van der Waals surface area contributed by atoms with Crippen LogP contribution >= 0.6 is 22.7 Å². The number of fused-ring (bicyclic) bond motifs is 2. The van der Waals surface area contributed by atoms with E-state index in [9.17, 15) is 4.79 Å². The minimum absolute atomic E-state index is 0.0755. The molecular weight excluding hydrogens is 378 g/mol. The van der Waals surface area contributed by atoms with Crippen molar-refractivity contribution in [3.05, 3.63) is 52.3 Å². The fourth-order valence-electron chi connectivity index (χ4n) is 4.16. The first-order chi connectivity index (χ1) is 13.3. The van der Waals surface area contributed by atoms with Crippen LogP contribution in [0.1, 0.15) is 35.5 Å². The lowest BCUT2D eigenvalue weighted by Crippen LogP contribution is -2.49. The van der Waals surface area contributed by atoms with Crippen LogP contribution in [0.3, 0.4) is 0 Å². The van der Waals surface area contributed by atoms with Gasteiger partial charge in [-0.05, 0) is 30.4 Å². The van der Waals surface area contributed by atoms with Crippen LogP contribution in [0.5, 0.6) is 5.88 Å². The molecule has 0 saturated carbocycles. The van der Waals surface area contributed by atoms with Crippen molar-refractivity contribution in [2.24, 2.45) is 0 Å². The molecule has 2 atom stereocenters. The van der Waals surface area contributed by atoms with E-state index in [4.69, 9.17) is 4.74 Å². The maximum absolute atomic E-state index is 13.1. The monoisotopic (exact) mass is 397 g/mol. The van der Waals surface area contributed by atoms with E-state index in [2.05, 4.69) is 14.9 Å². The summed E-state index contributed by atoms with van der Waals surface area (Å²) in [5.41, 5.74) is 0.902. The van der Waals surface area contributed by atoms with Crippen LogP contribution in [0.2, 0.25) is 0 Å². The number of carbonyl (C=O) groups is 1. The zero-order valence-corrected chi connectivity index (χ0v) is 16.3. The normalized spacial score (nSPS) is 24.1. The summed E-state index contributed by atoms with van der Waals surface area (Å²) < 4.78 is 6.06. The van der Waals surface area contributed by atoms with Crippen LogP contribution in [0, 0.1) is 0 Å². The number of pyridine rings is 1. The fraction of sp³-hybridized carbons (Fsp3) is 0.350. The molecule has 0 radical (unpaired) electrons. The molecule has 2 unspecified atom stereocenters. The van der Waals surface area contributed by atoms with E-state index in [0.717, 1.165) is 36.3 Å². The van der Waals surface area contributed by atoms with Gasteiger partial charge in [-0.1, -0.05) is 12.1 Å². The number of nitrogens with zero attached hydrogens (tertiary/aromatic N) is 3. The molecule has 27 heavy (non-hydrogen) atoms. The number of rotatable bonds is 4. The molecular formula is C20H19N3O2S2. The van der Waals surface area contributed by atoms with Gasteiger partial charge >= 0.3 is 0 Å². The van der Waals surface area contributed by atoms with Gasteiger partial charge in [-0.25, -0.2) is 9.97 Å². The van der Waals surface area contributed by atoms with E-state index in [0.29, 0.717) is 10.9 Å². The van der Waals surface area contributed by atoms with Gasteiger partial charge in [0.15, 0.2) is 5.01 Å². The lowest BCUT2D eigenvalue weighted by molar-refractivity contribution is 0.0348. The van der Waals surface area contributed by atoms with Gasteiger partial charge in [0, 0.05) is 42.6 Å². The highest BCUT2D eigenvalue weighted by atomic mass is 32.1. The van der Waals surface area contributed by atoms with E-state index < -0.39 is 0 Å². The Balaban J connectivity index is 1.30. The van der Waals surface area contributed by atoms with Crippen LogP contribution in [0.25, 0.3) is 10.6 Å². The standard InChI is InChI=1S/C20H19N3O2S2/c24-20(19-22-16(12-27-19)17-4-3-9-26-17)23-13-6-7-14(23)11-15(10-13)25-18-5-1-2-8-21-18/h1-5,8-9,12-15H,6-7,10-11H2. The van der Waals surface area contributed by atoms with Crippen LogP contribution < -0.4 is 4.74 Å². The molecule has 0 spiro atoms. The Bertz CT molecular complexity index is 912. The van der Waals surface area contributed by atoms with Gasteiger partial charge in [0.25, 0.3) is 5.91 Å². The Morgan fingerprint density at radius 1 is 1.11 bits per heavy atom. The van der Waals surface area contributed by atoms with E-state index >= 15 is 0 Å². The van der Waals surface area contributed by atoms with E-state index in [1.165, 1.54) is 11.3 Å². The third-order valence-electron chi connectivity index (χ3n) is 5.31. The maximum atomic E-state index is 13.1. The Labute approximate surface area is 165 Å². The predicted molar refractivity (Wildman–Crippen MR) is 106 cm³/mol. The van der Waals surface area contributed by atoms with Crippen molar-refractivity contribution < 1.29 is 9.53 Å². The van der Waals surface area contributed by atoms with Crippen molar-refractivity contribution in [2.45, 2.75) is 43.9 Å². The molecule has 138 valence electrons. The zero-order valence-electron chi connectivity index (χ0n) is 14.7. The summed E-state index contributed by atoms with van der Waals surface area (Å²) in [7, 11) is 0. The summed E-state index contributed by atoms with van der Waals surface area (Å²) in [6.07, 6.45) is 5.68. The van der Waals surface area contributed by atoms with Crippen molar-refractivity contribution >= 4 is 28.6 Å². The number of hydrogen-bond acceptors (Lipinski definition) is 6. The third kappa shape index (κ3) is 3.26. The average Bonchev–Trinajstić information content (AvgIpc) is 3.42. The molecule has 5 nitrogen and oxygen atoms in total. The van der Waals surface area contributed by atoms with Crippen molar-refractivity contribution in [3.8, 4) is 16.5 Å². The first kappa shape index (κ1) is 16.9. The van der Waals surface area contributed by atoms with Gasteiger partial charge in [-0.15, -0.1) is 22.7 Å². The molecule has 2 bridgehead atoms. The smallest absolute Gasteiger partial charge is 0.283 e. The third-order valence-corrected chi connectivity index (χ3v) is 7.03. The van der Waals surface area contributed by atoms with Crippen molar-refractivity contribution in [1.29, 1.82) is 0 Å². The van der Waals surface area contributed by atoms with Gasteiger partial charge in [0.2, 0.25) is 5.88 Å². The Hall–Kier alpha value is -2.25. The summed E-state index contributed by atoms with van der Waals surface area (Å²) in [4.78, 5) is 25.2. The summed E-state index contributed by atoms with van der Waals surface area (Å²) in [6, 6.07) is 10.2. The highest BCUT2D eigenvalue weighted by molar-refractivity contribution is 7.15. The number of ether oxygens (including phenoxy) is 1. The molecule has 2 saturated heterocycles. The maximum Gasteiger partial charge on any atom is 0.283 e. The first-order valence-corrected chi connectivity index (χ1v) is 10.9. The molecule has 3 aromatic rings. The molecule has 2 fully saturated rings. The molecule has 5 rings (SSSR count). The number of thiazole rings is 1. The van der Waals surface area contributed by atoms with E-state index in [-0.39, 0.29) is 24.1 Å². The van der Waals surface area contributed by atoms with Crippen molar-refractivity contribution in [1.82, 2.24) is 14.9 Å². The largest absolute Gasteiger partial charge is 0.474 e. The molecule has 1 amide bonds. The second-order valence-electron chi connectivity index (χ2n) is 6.99. The second kappa shape index (κ2) is 7.05. The number of aromatic nitrogens is 2. The van der Waals surface area contributed by atoms with Crippen LogP contribution in [0.15, 0.2) is 47.3 Å². The fourth-order valence-corrected chi connectivity index (χ4v) is 5.68. The van der Waals surface area contributed by atoms with Crippen molar-refractivity contribution in [3.63, 3.8) is 0 Å². The molecule has 0 aromatic carbocycles. The van der Waals surface area contributed by atoms with Gasteiger partial charge in [0.05, 0.1) is 10.6 Å². The highest BCUT2D eigenvalue weighted by Crippen LogP contribution is 2.38. The molecule has 0 aliphatic carbocycles. The number of thiophene rings is 1. The second-order valence-corrected chi connectivity index (χ2v) is 8.80.